The van der Waals surface area contributed by atoms with Crippen molar-refractivity contribution >= 4 is 21.8 Å². The molecule has 1 N–H and O–H groups in total. The molecule has 8 nitrogen and oxygen atoms in total. The van der Waals surface area contributed by atoms with Crippen molar-refractivity contribution in [2.24, 2.45) is 0 Å². The minimum atomic E-state index is -3.52. The third-order valence-electron chi connectivity index (χ3n) is 6.63. The summed E-state index contributed by atoms with van der Waals surface area (Å²) in [7, 11) is -1.98. The van der Waals surface area contributed by atoms with Gasteiger partial charge in [0, 0.05) is 31.7 Å². The number of carbonyl (C=O) groups excluding carboxylic acids is 2. The van der Waals surface area contributed by atoms with E-state index in [-0.39, 0.29) is 30.9 Å². The Morgan fingerprint density at radius 3 is 2.44 bits per heavy atom. The Hall–Kier alpha value is -2.75. The molecule has 3 atom stereocenters. The number of carbonyl (C=O) groups is 2. The highest BCUT2D eigenvalue weighted by Crippen LogP contribution is 2.38. The number of nitrogens with zero attached hydrogens (tertiary/aromatic N) is 2. The van der Waals surface area contributed by atoms with Crippen LogP contribution in [0.1, 0.15) is 46.5 Å². The van der Waals surface area contributed by atoms with Gasteiger partial charge < -0.3 is 15.0 Å². The second-order valence-corrected chi connectivity index (χ2v) is 10.9. The van der Waals surface area contributed by atoms with Crippen molar-refractivity contribution in [2.45, 2.75) is 43.7 Å². The maximum Gasteiger partial charge on any atom is 0.254 e. The number of nitrogens with one attached hydrogen (secondary N) is 1. The summed E-state index contributed by atoms with van der Waals surface area (Å²) in [6.45, 7) is 3.12. The molecule has 182 valence electrons. The number of likely N-dealkylation sites (N-methyl/N-ethyl adjacent to an activating group) is 1. The number of ether oxygens (including phenoxy) is 1. The lowest BCUT2D eigenvalue weighted by Gasteiger charge is -2.37. The van der Waals surface area contributed by atoms with E-state index in [0.29, 0.717) is 25.1 Å². The van der Waals surface area contributed by atoms with Gasteiger partial charge in [0.2, 0.25) is 10.0 Å². The molecule has 0 spiro atoms. The molecule has 34 heavy (non-hydrogen) atoms. The summed E-state index contributed by atoms with van der Waals surface area (Å²) >= 11 is 0. The summed E-state index contributed by atoms with van der Waals surface area (Å²) in [5.74, 6) is -0.426. The van der Waals surface area contributed by atoms with E-state index < -0.39 is 21.4 Å². The fraction of sp³-hybridized carbons (Fsp3) is 0.440. The first-order valence-electron chi connectivity index (χ1n) is 11.6. The van der Waals surface area contributed by atoms with E-state index in [0.717, 1.165) is 17.5 Å². The molecule has 2 fully saturated rings. The fourth-order valence-electron chi connectivity index (χ4n) is 4.62. The van der Waals surface area contributed by atoms with Crippen LogP contribution >= 0.6 is 0 Å². The normalized spacial score (nSPS) is 25.0. The molecule has 2 aliphatic heterocycles. The van der Waals surface area contributed by atoms with Gasteiger partial charge in [0.05, 0.1) is 13.2 Å². The summed E-state index contributed by atoms with van der Waals surface area (Å²) in [6, 6.07) is 16.3. The molecule has 2 unspecified atom stereocenters. The van der Waals surface area contributed by atoms with Crippen LogP contribution in [0.3, 0.4) is 0 Å². The van der Waals surface area contributed by atoms with Crippen molar-refractivity contribution in [1.82, 2.24) is 14.5 Å². The summed E-state index contributed by atoms with van der Waals surface area (Å²) in [6.07, 6.45) is 0.720. The third-order valence-corrected chi connectivity index (χ3v) is 9.00. The second-order valence-electron chi connectivity index (χ2n) is 8.84. The van der Waals surface area contributed by atoms with Gasteiger partial charge in [-0.15, -0.1) is 0 Å². The highest BCUT2D eigenvalue weighted by Gasteiger charge is 2.40. The van der Waals surface area contributed by atoms with Crippen LogP contribution in [0.4, 0.5) is 0 Å². The third kappa shape index (κ3) is 5.01. The van der Waals surface area contributed by atoms with Gasteiger partial charge in [-0.25, -0.2) is 8.42 Å². The Kier molecular flexibility index (Phi) is 7.35. The molecule has 0 aromatic heterocycles. The Labute approximate surface area is 200 Å². The van der Waals surface area contributed by atoms with E-state index in [1.165, 1.54) is 7.05 Å². The molecule has 2 amide bonds. The largest absolute Gasteiger partial charge is 0.365 e. The van der Waals surface area contributed by atoms with Crippen LogP contribution in [-0.2, 0) is 26.1 Å². The predicted octanol–water partition coefficient (Wildman–Crippen LogP) is 2.33. The summed E-state index contributed by atoms with van der Waals surface area (Å²) in [4.78, 5) is 26.4. The standard InChI is InChI=1S/C25H31N3O5S/c1-18-8-13-23(20-6-4-3-5-7-20)34(31,32)28(18)16-19-9-11-21(12-10-19)25(30)27-14-15-33-22(17-27)24(29)26-2/h3-7,9-12,18,22-23H,8,13-17H2,1-2H3,(H,26,29)/t18-,22?,23?/m0/s1. The van der Waals surface area contributed by atoms with Crippen molar-refractivity contribution in [3.63, 3.8) is 0 Å². The van der Waals surface area contributed by atoms with Gasteiger partial charge in [-0.3, -0.25) is 9.59 Å². The number of morpholine rings is 1. The number of sulfonamides is 1. The summed E-state index contributed by atoms with van der Waals surface area (Å²) in [5, 5.41) is 2.01. The van der Waals surface area contributed by atoms with Crippen LogP contribution in [0.25, 0.3) is 0 Å². The molecule has 0 aliphatic carbocycles. The van der Waals surface area contributed by atoms with Gasteiger partial charge in [0.15, 0.2) is 6.10 Å². The van der Waals surface area contributed by atoms with Crippen molar-refractivity contribution < 1.29 is 22.7 Å². The molecule has 0 saturated carbocycles. The van der Waals surface area contributed by atoms with Crippen molar-refractivity contribution in [2.75, 3.05) is 26.7 Å². The second kappa shape index (κ2) is 10.2. The van der Waals surface area contributed by atoms with E-state index in [4.69, 9.17) is 4.74 Å². The van der Waals surface area contributed by atoms with Crippen molar-refractivity contribution in [1.29, 1.82) is 0 Å². The number of hydrogen-bond donors (Lipinski definition) is 1. The molecular formula is C25H31N3O5S. The van der Waals surface area contributed by atoms with Gasteiger partial charge >= 0.3 is 0 Å². The molecule has 2 aliphatic rings. The molecule has 0 bridgehead atoms. The molecule has 9 heteroatoms. The molecular weight excluding hydrogens is 454 g/mol. The zero-order chi connectivity index (χ0) is 24.3. The molecule has 4 rings (SSSR count). The predicted molar refractivity (Wildman–Crippen MR) is 128 cm³/mol. The van der Waals surface area contributed by atoms with Crippen LogP contribution in [0, 0.1) is 0 Å². The molecule has 2 saturated heterocycles. The van der Waals surface area contributed by atoms with Crippen LogP contribution in [0.2, 0.25) is 0 Å². The maximum absolute atomic E-state index is 13.4. The first kappa shape index (κ1) is 24.4. The minimum Gasteiger partial charge on any atom is -0.365 e. The molecule has 0 radical (unpaired) electrons. The van der Waals surface area contributed by atoms with Gasteiger partial charge in [-0.2, -0.15) is 4.31 Å². The number of amides is 2. The Morgan fingerprint density at radius 1 is 1.06 bits per heavy atom. The van der Waals surface area contributed by atoms with Gasteiger partial charge in [0.25, 0.3) is 11.8 Å². The fourth-order valence-corrected chi connectivity index (χ4v) is 6.82. The topological polar surface area (TPSA) is 96.0 Å². The molecule has 2 aromatic carbocycles. The smallest absolute Gasteiger partial charge is 0.254 e. The lowest BCUT2D eigenvalue weighted by molar-refractivity contribution is -0.136. The van der Waals surface area contributed by atoms with E-state index >= 15 is 0 Å². The SMILES string of the molecule is CNC(=O)C1CN(C(=O)c2ccc(CN3[C@@H](C)CCC(c4ccccc4)S3(=O)=O)cc2)CCO1. The molecule has 2 heterocycles. The van der Waals surface area contributed by atoms with Crippen LogP contribution in [-0.4, -0.2) is 68.3 Å². The Morgan fingerprint density at radius 2 is 1.76 bits per heavy atom. The van der Waals surface area contributed by atoms with Crippen molar-refractivity contribution in [3.8, 4) is 0 Å². The zero-order valence-corrected chi connectivity index (χ0v) is 20.3. The lowest BCUT2D eigenvalue weighted by atomic mass is 10.0. The minimum absolute atomic E-state index is 0.0960. The van der Waals surface area contributed by atoms with E-state index in [9.17, 15) is 18.0 Å². The maximum atomic E-state index is 13.4. The van der Waals surface area contributed by atoms with Gasteiger partial charge in [-0.05, 0) is 43.0 Å². The Bertz CT molecular complexity index is 1120. The van der Waals surface area contributed by atoms with Crippen molar-refractivity contribution in [3.05, 3.63) is 71.3 Å². The summed E-state index contributed by atoms with van der Waals surface area (Å²) in [5.41, 5.74) is 2.14. The zero-order valence-electron chi connectivity index (χ0n) is 19.5. The first-order chi connectivity index (χ1) is 16.3. The first-order valence-corrected chi connectivity index (χ1v) is 13.1. The van der Waals surface area contributed by atoms with E-state index in [2.05, 4.69) is 5.32 Å². The monoisotopic (exact) mass is 485 g/mol. The van der Waals surface area contributed by atoms with Crippen LogP contribution in [0.5, 0.6) is 0 Å². The highest BCUT2D eigenvalue weighted by atomic mass is 32.2. The number of hydrogen-bond acceptors (Lipinski definition) is 5. The van der Waals surface area contributed by atoms with E-state index in [1.54, 1.807) is 33.5 Å². The van der Waals surface area contributed by atoms with Gasteiger partial charge in [-0.1, -0.05) is 42.5 Å². The summed E-state index contributed by atoms with van der Waals surface area (Å²) < 4.78 is 33.9. The lowest BCUT2D eigenvalue weighted by Crippen LogP contribution is -2.51. The van der Waals surface area contributed by atoms with Gasteiger partial charge in [0.1, 0.15) is 5.25 Å². The quantitative estimate of drug-likeness (QED) is 0.701. The van der Waals surface area contributed by atoms with Crippen LogP contribution in [0.15, 0.2) is 54.6 Å². The Balaban J connectivity index is 1.46. The van der Waals surface area contributed by atoms with E-state index in [1.807, 2.05) is 37.3 Å². The highest BCUT2D eigenvalue weighted by molar-refractivity contribution is 7.89. The number of benzene rings is 2. The average Bonchev–Trinajstić information content (AvgIpc) is 2.86. The number of rotatable bonds is 5. The molecule has 2 aromatic rings. The average molecular weight is 486 g/mol. The van der Waals surface area contributed by atoms with Crippen LogP contribution < -0.4 is 5.32 Å².